The quantitative estimate of drug-likeness (QED) is 0.625. The molecule has 0 aliphatic carbocycles. The molecule has 0 aromatic heterocycles. The number of hydrogen-bond donors (Lipinski definition) is 2. The van der Waals surface area contributed by atoms with Gasteiger partial charge in [-0.2, -0.15) is 0 Å². The molecular formula is C16H13NO5S. The Morgan fingerprint density at radius 2 is 1.52 bits per heavy atom. The van der Waals surface area contributed by atoms with E-state index in [0.717, 1.165) is 12.2 Å². The van der Waals surface area contributed by atoms with E-state index in [2.05, 4.69) is 4.72 Å². The van der Waals surface area contributed by atoms with Crippen molar-refractivity contribution in [2.75, 3.05) is 4.72 Å². The van der Waals surface area contributed by atoms with Gasteiger partial charge in [0.05, 0.1) is 4.90 Å². The molecule has 0 saturated heterocycles. The standard InChI is InChI=1S/C16H13NO5S/c18-15(10-11-16(19)20)12-6-8-14(9-7-12)23(21,22)17-13-4-2-1-3-5-13/h1-11,17H,(H,19,20)/b11-10+. The lowest BCUT2D eigenvalue weighted by atomic mass is 10.1. The first kappa shape index (κ1) is 16.4. The lowest BCUT2D eigenvalue weighted by Crippen LogP contribution is -2.13. The molecular weight excluding hydrogens is 318 g/mol. The first-order chi connectivity index (χ1) is 10.9. The summed E-state index contributed by atoms with van der Waals surface area (Å²) in [7, 11) is -3.75. The zero-order chi connectivity index (χ0) is 16.9. The number of carboxylic acid groups (broad SMARTS) is 1. The van der Waals surface area contributed by atoms with E-state index in [-0.39, 0.29) is 10.5 Å². The molecule has 0 bridgehead atoms. The third-order valence-corrected chi connectivity index (χ3v) is 4.25. The van der Waals surface area contributed by atoms with Gasteiger partial charge in [0.15, 0.2) is 5.78 Å². The van der Waals surface area contributed by atoms with Crippen LogP contribution in [0.1, 0.15) is 10.4 Å². The Bertz CT molecular complexity index is 840. The summed E-state index contributed by atoms with van der Waals surface area (Å²) in [6, 6.07) is 13.6. The smallest absolute Gasteiger partial charge is 0.328 e. The Kier molecular flexibility index (Phi) is 4.92. The van der Waals surface area contributed by atoms with E-state index in [1.807, 2.05) is 0 Å². The zero-order valence-electron chi connectivity index (χ0n) is 11.8. The SMILES string of the molecule is O=C(O)/C=C/C(=O)c1ccc(S(=O)(=O)Nc2ccccc2)cc1. The van der Waals surface area contributed by atoms with E-state index in [1.54, 1.807) is 30.3 Å². The molecule has 0 aliphatic rings. The van der Waals surface area contributed by atoms with Crippen LogP contribution in [0.2, 0.25) is 0 Å². The van der Waals surface area contributed by atoms with E-state index in [0.29, 0.717) is 5.69 Å². The summed E-state index contributed by atoms with van der Waals surface area (Å²) in [5.74, 6) is -1.75. The fourth-order valence-corrected chi connectivity index (χ4v) is 2.82. The number of aliphatic carboxylic acids is 1. The summed E-state index contributed by atoms with van der Waals surface area (Å²) < 4.78 is 26.8. The Morgan fingerprint density at radius 3 is 2.09 bits per heavy atom. The monoisotopic (exact) mass is 331 g/mol. The predicted octanol–water partition coefficient (Wildman–Crippen LogP) is 2.31. The third-order valence-electron chi connectivity index (χ3n) is 2.85. The topological polar surface area (TPSA) is 101 Å². The van der Waals surface area contributed by atoms with Crippen LogP contribution in [-0.4, -0.2) is 25.3 Å². The summed E-state index contributed by atoms with van der Waals surface area (Å²) in [6.45, 7) is 0. The number of anilines is 1. The normalized spacial score (nSPS) is 11.3. The van der Waals surface area contributed by atoms with Crippen molar-refractivity contribution in [2.24, 2.45) is 0 Å². The summed E-state index contributed by atoms with van der Waals surface area (Å²) in [6.07, 6.45) is 1.64. The van der Waals surface area contributed by atoms with E-state index < -0.39 is 21.8 Å². The van der Waals surface area contributed by atoms with E-state index in [1.165, 1.54) is 24.3 Å². The number of carbonyl (C=O) groups is 2. The number of carbonyl (C=O) groups excluding carboxylic acids is 1. The Balaban J connectivity index is 2.18. The van der Waals surface area contributed by atoms with Crippen molar-refractivity contribution in [1.29, 1.82) is 0 Å². The van der Waals surface area contributed by atoms with Gasteiger partial charge in [0.2, 0.25) is 0 Å². The molecule has 0 spiro atoms. The van der Waals surface area contributed by atoms with Crippen molar-refractivity contribution in [1.82, 2.24) is 0 Å². The number of hydrogen-bond acceptors (Lipinski definition) is 4. The van der Waals surface area contributed by atoms with Crippen LogP contribution < -0.4 is 4.72 Å². The molecule has 118 valence electrons. The second-order valence-corrected chi connectivity index (χ2v) is 6.21. The van der Waals surface area contributed by atoms with Gasteiger partial charge in [-0.05, 0) is 42.5 Å². The average Bonchev–Trinajstić information content (AvgIpc) is 2.53. The van der Waals surface area contributed by atoms with Crippen LogP contribution in [0.25, 0.3) is 0 Å². The van der Waals surface area contributed by atoms with Gasteiger partial charge in [0.1, 0.15) is 0 Å². The summed E-state index contributed by atoms with van der Waals surface area (Å²) in [5, 5.41) is 8.47. The van der Waals surface area contributed by atoms with Gasteiger partial charge in [-0.25, -0.2) is 13.2 Å². The highest BCUT2D eigenvalue weighted by atomic mass is 32.2. The van der Waals surface area contributed by atoms with Gasteiger partial charge in [0.25, 0.3) is 10.0 Å². The molecule has 7 heteroatoms. The highest BCUT2D eigenvalue weighted by Crippen LogP contribution is 2.16. The third kappa shape index (κ3) is 4.52. The Morgan fingerprint density at radius 1 is 0.913 bits per heavy atom. The number of rotatable bonds is 6. The molecule has 6 nitrogen and oxygen atoms in total. The van der Waals surface area contributed by atoms with E-state index in [9.17, 15) is 18.0 Å². The van der Waals surface area contributed by atoms with Gasteiger partial charge in [0, 0.05) is 17.3 Å². The second kappa shape index (κ2) is 6.89. The number of sulfonamides is 1. The fraction of sp³-hybridized carbons (Fsp3) is 0. The van der Waals surface area contributed by atoms with Crippen molar-refractivity contribution < 1.29 is 23.1 Å². The highest BCUT2D eigenvalue weighted by Gasteiger charge is 2.14. The molecule has 0 radical (unpaired) electrons. The molecule has 0 atom stereocenters. The van der Waals surface area contributed by atoms with Gasteiger partial charge in [-0.1, -0.05) is 18.2 Å². The first-order valence-electron chi connectivity index (χ1n) is 6.52. The maximum absolute atomic E-state index is 12.2. The number of benzene rings is 2. The van der Waals surface area contributed by atoms with E-state index >= 15 is 0 Å². The minimum absolute atomic E-state index is 0.000109. The van der Waals surface area contributed by atoms with Gasteiger partial charge in [-0.15, -0.1) is 0 Å². The second-order valence-electron chi connectivity index (χ2n) is 4.53. The average molecular weight is 331 g/mol. The van der Waals surface area contributed by atoms with Crippen molar-refractivity contribution in [3.05, 3.63) is 72.3 Å². The maximum Gasteiger partial charge on any atom is 0.328 e. The van der Waals surface area contributed by atoms with Crippen LogP contribution in [0, 0.1) is 0 Å². The highest BCUT2D eigenvalue weighted by molar-refractivity contribution is 7.92. The van der Waals surface area contributed by atoms with Gasteiger partial charge < -0.3 is 5.11 Å². The van der Waals surface area contributed by atoms with Crippen molar-refractivity contribution in [3.63, 3.8) is 0 Å². The van der Waals surface area contributed by atoms with Crippen LogP contribution >= 0.6 is 0 Å². The van der Waals surface area contributed by atoms with Crippen LogP contribution in [0.4, 0.5) is 5.69 Å². The van der Waals surface area contributed by atoms with Crippen molar-refractivity contribution in [3.8, 4) is 0 Å². The molecule has 0 heterocycles. The molecule has 2 aromatic rings. The lowest BCUT2D eigenvalue weighted by Gasteiger charge is -2.08. The number of para-hydroxylation sites is 1. The minimum Gasteiger partial charge on any atom is -0.478 e. The number of nitrogens with one attached hydrogen (secondary N) is 1. The largest absolute Gasteiger partial charge is 0.478 e. The van der Waals surface area contributed by atoms with Crippen LogP contribution in [0.3, 0.4) is 0 Å². The van der Waals surface area contributed by atoms with Crippen molar-refractivity contribution in [2.45, 2.75) is 4.90 Å². The molecule has 23 heavy (non-hydrogen) atoms. The zero-order valence-corrected chi connectivity index (χ0v) is 12.7. The van der Waals surface area contributed by atoms with Gasteiger partial charge in [-0.3, -0.25) is 9.52 Å². The molecule has 0 saturated carbocycles. The molecule has 0 amide bonds. The number of allylic oxidation sites excluding steroid dienone is 1. The molecule has 2 aromatic carbocycles. The molecule has 0 unspecified atom stereocenters. The van der Waals surface area contributed by atoms with Crippen LogP contribution in [0.15, 0.2) is 71.6 Å². The molecule has 2 rings (SSSR count). The summed E-state index contributed by atoms with van der Waals surface area (Å²) in [5.41, 5.74) is 0.623. The maximum atomic E-state index is 12.2. The molecule has 2 N–H and O–H groups in total. The Labute approximate surface area is 133 Å². The van der Waals surface area contributed by atoms with Crippen molar-refractivity contribution >= 4 is 27.5 Å². The van der Waals surface area contributed by atoms with Crippen LogP contribution in [0.5, 0.6) is 0 Å². The number of carboxylic acids is 1. The first-order valence-corrected chi connectivity index (χ1v) is 8.00. The molecule has 0 aliphatic heterocycles. The lowest BCUT2D eigenvalue weighted by molar-refractivity contribution is -0.131. The van der Waals surface area contributed by atoms with Gasteiger partial charge >= 0.3 is 5.97 Å². The molecule has 0 fully saturated rings. The predicted molar refractivity (Wildman–Crippen MR) is 84.8 cm³/mol. The Hall–Kier alpha value is -2.93. The minimum atomic E-state index is -3.75. The fourth-order valence-electron chi connectivity index (χ4n) is 1.76. The summed E-state index contributed by atoms with van der Waals surface area (Å²) >= 11 is 0. The summed E-state index contributed by atoms with van der Waals surface area (Å²) in [4.78, 5) is 22.1. The van der Waals surface area contributed by atoms with Crippen LogP contribution in [-0.2, 0) is 14.8 Å². The number of ketones is 1. The van der Waals surface area contributed by atoms with E-state index in [4.69, 9.17) is 5.11 Å².